The molecule has 0 radical (unpaired) electrons. The van der Waals surface area contributed by atoms with Gasteiger partial charge in [0, 0.05) is 12.2 Å². The van der Waals surface area contributed by atoms with Crippen LogP contribution in [-0.2, 0) is 6.54 Å². The fraction of sp³-hybridized carbons (Fsp3) is 0.333. The van der Waals surface area contributed by atoms with Crippen molar-refractivity contribution in [3.8, 4) is 0 Å². The minimum absolute atomic E-state index is 0.0250. The van der Waals surface area contributed by atoms with E-state index in [1.165, 1.54) is 12.3 Å². The predicted molar refractivity (Wildman–Crippen MR) is 72.6 cm³/mol. The monoisotopic (exact) mass is 276 g/mol. The molecule has 0 saturated carbocycles. The van der Waals surface area contributed by atoms with Crippen LogP contribution < -0.4 is 0 Å². The van der Waals surface area contributed by atoms with Gasteiger partial charge in [0.15, 0.2) is 5.82 Å². The van der Waals surface area contributed by atoms with E-state index in [2.05, 4.69) is 4.98 Å². The van der Waals surface area contributed by atoms with Gasteiger partial charge in [0.2, 0.25) is 0 Å². The molecule has 106 valence electrons. The first kappa shape index (κ1) is 14.2. The molecule has 0 atom stereocenters. The molecule has 5 heteroatoms. The zero-order chi connectivity index (χ0) is 14.7. The number of amides is 1. The van der Waals surface area contributed by atoms with Crippen LogP contribution in [0.4, 0.5) is 4.39 Å². The Morgan fingerprint density at radius 1 is 1.40 bits per heavy atom. The molecule has 2 aromatic heterocycles. The molecule has 0 aliphatic carbocycles. The van der Waals surface area contributed by atoms with Crippen LogP contribution in [-0.4, -0.2) is 21.8 Å². The SMILES string of the molecule is Cc1ccc(CN(C(=O)c2ccncc2F)C(C)C)o1. The van der Waals surface area contributed by atoms with Gasteiger partial charge in [-0.25, -0.2) is 4.39 Å². The van der Waals surface area contributed by atoms with Gasteiger partial charge in [0.25, 0.3) is 5.91 Å². The maximum absolute atomic E-state index is 13.7. The maximum Gasteiger partial charge on any atom is 0.257 e. The smallest absolute Gasteiger partial charge is 0.257 e. The van der Waals surface area contributed by atoms with E-state index in [4.69, 9.17) is 4.42 Å². The van der Waals surface area contributed by atoms with Crippen LogP contribution in [0.25, 0.3) is 0 Å². The van der Waals surface area contributed by atoms with Crippen molar-refractivity contribution in [2.45, 2.75) is 33.4 Å². The Hall–Kier alpha value is -2.17. The van der Waals surface area contributed by atoms with Gasteiger partial charge in [0.1, 0.15) is 11.5 Å². The van der Waals surface area contributed by atoms with Gasteiger partial charge in [-0.1, -0.05) is 0 Å². The number of hydrogen-bond donors (Lipinski definition) is 0. The molecule has 0 unspecified atom stereocenters. The van der Waals surface area contributed by atoms with Crippen LogP contribution in [0.15, 0.2) is 35.0 Å². The summed E-state index contributed by atoms with van der Waals surface area (Å²) in [6, 6.07) is 4.98. The first-order valence-electron chi connectivity index (χ1n) is 6.45. The van der Waals surface area contributed by atoms with Gasteiger partial charge in [-0.15, -0.1) is 0 Å². The third kappa shape index (κ3) is 3.04. The molecule has 20 heavy (non-hydrogen) atoms. The highest BCUT2D eigenvalue weighted by molar-refractivity contribution is 5.94. The lowest BCUT2D eigenvalue weighted by molar-refractivity contribution is 0.0670. The maximum atomic E-state index is 13.7. The second kappa shape index (κ2) is 5.86. The lowest BCUT2D eigenvalue weighted by Gasteiger charge is -2.26. The van der Waals surface area contributed by atoms with Crippen molar-refractivity contribution in [1.29, 1.82) is 0 Å². The Labute approximate surface area is 117 Å². The Kier molecular flexibility index (Phi) is 4.17. The third-order valence-electron chi connectivity index (χ3n) is 3.01. The molecular formula is C15H17FN2O2. The lowest BCUT2D eigenvalue weighted by Crippen LogP contribution is -2.36. The number of aryl methyl sites for hydroxylation is 1. The topological polar surface area (TPSA) is 46.3 Å². The summed E-state index contributed by atoms with van der Waals surface area (Å²) in [5.41, 5.74) is 0.0250. The summed E-state index contributed by atoms with van der Waals surface area (Å²) < 4.78 is 19.2. The minimum Gasteiger partial charge on any atom is -0.464 e. The number of aromatic nitrogens is 1. The predicted octanol–water partition coefficient (Wildman–Crippen LogP) is 3.17. The normalized spacial score (nSPS) is 10.8. The summed E-state index contributed by atoms with van der Waals surface area (Å²) in [4.78, 5) is 17.7. The summed E-state index contributed by atoms with van der Waals surface area (Å²) in [6.07, 6.45) is 2.45. The molecule has 0 saturated heterocycles. The minimum atomic E-state index is -0.612. The zero-order valence-electron chi connectivity index (χ0n) is 11.8. The van der Waals surface area contributed by atoms with Crippen LogP contribution >= 0.6 is 0 Å². The molecular weight excluding hydrogens is 259 g/mol. The molecule has 0 N–H and O–H groups in total. The quantitative estimate of drug-likeness (QED) is 0.861. The molecule has 2 rings (SSSR count). The van der Waals surface area contributed by atoms with Crippen molar-refractivity contribution < 1.29 is 13.6 Å². The molecule has 1 amide bonds. The lowest BCUT2D eigenvalue weighted by atomic mass is 10.2. The number of furan rings is 1. The Morgan fingerprint density at radius 3 is 2.70 bits per heavy atom. The molecule has 2 aromatic rings. The summed E-state index contributed by atoms with van der Waals surface area (Å²) in [6.45, 7) is 5.92. The van der Waals surface area contributed by atoms with Crippen molar-refractivity contribution in [2.24, 2.45) is 0 Å². The van der Waals surface area contributed by atoms with Crippen LogP contribution in [0.2, 0.25) is 0 Å². The number of carbonyl (C=O) groups is 1. The van der Waals surface area contributed by atoms with E-state index >= 15 is 0 Å². The molecule has 0 aliphatic rings. The summed E-state index contributed by atoms with van der Waals surface area (Å²) >= 11 is 0. The van der Waals surface area contributed by atoms with E-state index in [0.717, 1.165) is 12.0 Å². The third-order valence-corrected chi connectivity index (χ3v) is 3.01. The van der Waals surface area contributed by atoms with Crippen LogP contribution in [0, 0.1) is 12.7 Å². The van der Waals surface area contributed by atoms with Crippen molar-refractivity contribution in [2.75, 3.05) is 0 Å². The highest BCUT2D eigenvalue weighted by Crippen LogP contribution is 2.16. The van der Waals surface area contributed by atoms with Gasteiger partial charge in [0.05, 0.1) is 18.3 Å². The van der Waals surface area contributed by atoms with E-state index in [0.29, 0.717) is 12.3 Å². The second-order valence-corrected chi connectivity index (χ2v) is 4.89. The van der Waals surface area contributed by atoms with E-state index in [-0.39, 0.29) is 17.5 Å². The van der Waals surface area contributed by atoms with Crippen LogP contribution in [0.3, 0.4) is 0 Å². The van der Waals surface area contributed by atoms with E-state index in [1.807, 2.05) is 32.9 Å². The van der Waals surface area contributed by atoms with E-state index in [1.54, 1.807) is 4.90 Å². The Morgan fingerprint density at radius 2 is 2.15 bits per heavy atom. The average Bonchev–Trinajstić information content (AvgIpc) is 2.81. The number of hydrogen-bond acceptors (Lipinski definition) is 3. The molecule has 0 fully saturated rings. The van der Waals surface area contributed by atoms with Gasteiger partial charge < -0.3 is 9.32 Å². The van der Waals surface area contributed by atoms with Gasteiger partial charge >= 0.3 is 0 Å². The van der Waals surface area contributed by atoms with E-state index < -0.39 is 5.82 Å². The standard InChI is InChI=1S/C15H17FN2O2/c1-10(2)18(9-12-5-4-11(3)20-12)15(19)13-6-7-17-8-14(13)16/h4-8,10H,9H2,1-3H3. The van der Waals surface area contributed by atoms with Gasteiger partial charge in [-0.3, -0.25) is 9.78 Å². The fourth-order valence-electron chi connectivity index (χ4n) is 1.93. The molecule has 0 aromatic carbocycles. The first-order chi connectivity index (χ1) is 9.49. The van der Waals surface area contributed by atoms with Crippen LogP contribution in [0.1, 0.15) is 35.7 Å². The van der Waals surface area contributed by atoms with Gasteiger partial charge in [-0.05, 0) is 39.0 Å². The largest absolute Gasteiger partial charge is 0.464 e. The number of halogens is 1. The Balaban J connectivity index is 2.25. The number of carbonyl (C=O) groups excluding carboxylic acids is 1. The van der Waals surface area contributed by atoms with Gasteiger partial charge in [-0.2, -0.15) is 0 Å². The highest BCUT2D eigenvalue weighted by Gasteiger charge is 2.22. The molecule has 0 bridgehead atoms. The van der Waals surface area contributed by atoms with Crippen molar-refractivity contribution >= 4 is 5.91 Å². The van der Waals surface area contributed by atoms with Crippen LogP contribution in [0.5, 0.6) is 0 Å². The number of pyridine rings is 1. The van der Waals surface area contributed by atoms with Crippen molar-refractivity contribution in [3.05, 3.63) is 53.5 Å². The summed E-state index contributed by atoms with van der Waals surface area (Å²) in [5, 5.41) is 0. The summed E-state index contributed by atoms with van der Waals surface area (Å²) in [5.74, 6) is 0.484. The summed E-state index contributed by atoms with van der Waals surface area (Å²) in [7, 11) is 0. The number of rotatable bonds is 4. The molecule has 0 aliphatic heterocycles. The average molecular weight is 276 g/mol. The van der Waals surface area contributed by atoms with E-state index in [9.17, 15) is 9.18 Å². The molecule has 0 spiro atoms. The Bertz CT molecular complexity index is 607. The first-order valence-corrected chi connectivity index (χ1v) is 6.45. The highest BCUT2D eigenvalue weighted by atomic mass is 19.1. The zero-order valence-corrected chi connectivity index (χ0v) is 11.8. The molecule has 4 nitrogen and oxygen atoms in total. The van der Waals surface area contributed by atoms with Crippen molar-refractivity contribution in [3.63, 3.8) is 0 Å². The fourth-order valence-corrected chi connectivity index (χ4v) is 1.93. The number of nitrogens with zero attached hydrogens (tertiary/aromatic N) is 2. The van der Waals surface area contributed by atoms with Crippen molar-refractivity contribution in [1.82, 2.24) is 9.88 Å². The molecule has 2 heterocycles. The second-order valence-electron chi connectivity index (χ2n) is 4.89.